The molecule has 6 nitrogen and oxygen atoms in total. The van der Waals surface area contributed by atoms with E-state index < -0.39 is 35.5 Å². The predicted octanol–water partition coefficient (Wildman–Crippen LogP) is 5.77. The molecule has 1 aromatic carbocycles. The van der Waals surface area contributed by atoms with Gasteiger partial charge < -0.3 is 20.2 Å². The summed E-state index contributed by atoms with van der Waals surface area (Å²) in [4.78, 5) is 16.8. The minimum absolute atomic E-state index is 0.0331. The molecule has 3 N–H and O–H groups in total. The minimum Gasteiger partial charge on any atom is -0.444 e. The maximum absolute atomic E-state index is 15.2. The molecular formula is C23H30F3N3O3. The molecule has 9 heteroatoms. The van der Waals surface area contributed by atoms with Crippen LogP contribution in [0, 0.1) is 17.7 Å². The standard InChI is InChI=1S/C23H30F3N3O3/c1-22(2,3)32-21(30)29-18(13-8-10-23(25,26)11-9-13)20-28-19-15(31-20)7-6-14(16(19)24)17(27)12-4-5-12/h6-7,12-13,17-18H,4-5,8-11,27H2,1-3H3,(H,29,30)/t17?,18-/m0/s1. The fourth-order valence-electron chi connectivity index (χ4n) is 4.31. The monoisotopic (exact) mass is 453 g/mol. The number of alkyl halides is 2. The number of benzene rings is 1. The number of aromatic nitrogens is 1. The number of nitrogens with zero attached hydrogens (tertiary/aromatic N) is 1. The summed E-state index contributed by atoms with van der Waals surface area (Å²) in [7, 11) is 0. The molecule has 1 aromatic heterocycles. The molecule has 4 rings (SSSR count). The van der Waals surface area contributed by atoms with Gasteiger partial charge in [0, 0.05) is 24.4 Å². The second-order valence-corrected chi connectivity index (χ2v) is 10.0. The van der Waals surface area contributed by atoms with Crippen molar-refractivity contribution in [1.29, 1.82) is 0 Å². The van der Waals surface area contributed by atoms with Gasteiger partial charge in [-0.25, -0.2) is 22.9 Å². The number of alkyl carbamates (subject to hydrolysis) is 1. The quantitative estimate of drug-likeness (QED) is 0.600. The Bertz CT molecular complexity index is 988. The molecule has 2 aromatic rings. The van der Waals surface area contributed by atoms with Crippen LogP contribution >= 0.6 is 0 Å². The van der Waals surface area contributed by atoms with Crippen LogP contribution in [0.2, 0.25) is 0 Å². The van der Waals surface area contributed by atoms with Crippen LogP contribution in [0.25, 0.3) is 11.1 Å². The topological polar surface area (TPSA) is 90.4 Å². The van der Waals surface area contributed by atoms with E-state index in [-0.39, 0.29) is 54.5 Å². The number of nitrogens with one attached hydrogen (secondary N) is 1. The highest BCUT2D eigenvalue weighted by atomic mass is 19.3. The van der Waals surface area contributed by atoms with E-state index in [1.165, 1.54) is 0 Å². The Morgan fingerprint density at radius 1 is 1.22 bits per heavy atom. The average Bonchev–Trinajstić information content (AvgIpc) is 3.44. The number of fused-ring (bicyclic) bond motifs is 1. The summed E-state index contributed by atoms with van der Waals surface area (Å²) >= 11 is 0. The van der Waals surface area contributed by atoms with Crippen molar-refractivity contribution in [3.8, 4) is 0 Å². The highest BCUT2D eigenvalue weighted by Crippen LogP contribution is 2.43. The van der Waals surface area contributed by atoms with E-state index in [4.69, 9.17) is 14.9 Å². The Kier molecular flexibility index (Phi) is 5.90. The number of nitrogens with two attached hydrogens (primary N) is 1. The molecule has 2 atom stereocenters. The minimum atomic E-state index is -2.73. The molecule has 176 valence electrons. The Morgan fingerprint density at radius 3 is 2.47 bits per heavy atom. The number of hydrogen-bond donors (Lipinski definition) is 2. The van der Waals surface area contributed by atoms with Gasteiger partial charge in [0.05, 0.1) is 0 Å². The highest BCUT2D eigenvalue weighted by Gasteiger charge is 2.41. The third-order valence-electron chi connectivity index (χ3n) is 6.21. The Hall–Kier alpha value is -2.29. The van der Waals surface area contributed by atoms with Crippen LogP contribution in [0.1, 0.15) is 82.8 Å². The lowest BCUT2D eigenvalue weighted by atomic mass is 9.82. The van der Waals surface area contributed by atoms with Crippen LogP contribution in [-0.2, 0) is 4.74 Å². The molecule has 2 saturated carbocycles. The van der Waals surface area contributed by atoms with Crippen LogP contribution in [0.15, 0.2) is 16.5 Å². The van der Waals surface area contributed by atoms with Gasteiger partial charge in [-0.3, -0.25) is 0 Å². The van der Waals surface area contributed by atoms with Gasteiger partial charge in [0.1, 0.15) is 17.2 Å². The van der Waals surface area contributed by atoms with Crippen molar-refractivity contribution in [2.24, 2.45) is 17.6 Å². The molecule has 1 heterocycles. The lowest BCUT2D eigenvalue weighted by Crippen LogP contribution is -2.40. The van der Waals surface area contributed by atoms with Crippen molar-refractivity contribution >= 4 is 17.2 Å². The fraction of sp³-hybridized carbons (Fsp3) is 0.652. The third kappa shape index (κ3) is 5.03. The van der Waals surface area contributed by atoms with Gasteiger partial charge in [-0.2, -0.15) is 0 Å². The molecule has 0 saturated heterocycles. The summed E-state index contributed by atoms with van der Waals surface area (Å²) in [5.74, 6) is -3.26. The summed E-state index contributed by atoms with van der Waals surface area (Å²) in [6, 6.07) is 2.00. The van der Waals surface area contributed by atoms with E-state index in [1.54, 1.807) is 32.9 Å². The molecule has 2 fully saturated rings. The molecule has 2 aliphatic carbocycles. The van der Waals surface area contributed by atoms with E-state index in [0.717, 1.165) is 12.8 Å². The normalized spacial score (nSPS) is 21.3. The van der Waals surface area contributed by atoms with Gasteiger partial charge in [-0.1, -0.05) is 6.07 Å². The van der Waals surface area contributed by atoms with Gasteiger partial charge >= 0.3 is 6.09 Å². The van der Waals surface area contributed by atoms with Crippen molar-refractivity contribution in [1.82, 2.24) is 10.3 Å². The Labute approximate surface area is 185 Å². The molecule has 2 aliphatic rings. The van der Waals surface area contributed by atoms with Crippen LogP contribution in [0.5, 0.6) is 0 Å². The summed E-state index contributed by atoms with van der Waals surface area (Å²) in [6.45, 7) is 5.17. The summed E-state index contributed by atoms with van der Waals surface area (Å²) < 4.78 is 53.8. The molecule has 0 radical (unpaired) electrons. The first kappa shape index (κ1) is 22.9. The summed E-state index contributed by atoms with van der Waals surface area (Å²) in [6.07, 6.45) is 0.990. The first-order valence-electron chi connectivity index (χ1n) is 11.2. The van der Waals surface area contributed by atoms with E-state index in [1.807, 2.05) is 0 Å². The van der Waals surface area contributed by atoms with Gasteiger partial charge in [0.2, 0.25) is 11.8 Å². The maximum atomic E-state index is 15.2. The zero-order chi connectivity index (χ0) is 23.3. The summed E-state index contributed by atoms with van der Waals surface area (Å²) in [5.41, 5.74) is 6.08. The first-order chi connectivity index (χ1) is 14.9. The molecule has 0 spiro atoms. The molecule has 0 bridgehead atoms. The smallest absolute Gasteiger partial charge is 0.408 e. The van der Waals surface area contributed by atoms with Crippen LogP contribution in [0.4, 0.5) is 18.0 Å². The first-order valence-corrected chi connectivity index (χ1v) is 11.2. The number of rotatable bonds is 5. The van der Waals surface area contributed by atoms with Crippen molar-refractivity contribution in [3.05, 3.63) is 29.4 Å². The molecule has 1 unspecified atom stereocenters. The van der Waals surface area contributed by atoms with E-state index in [0.29, 0.717) is 5.56 Å². The molecule has 0 aliphatic heterocycles. The van der Waals surface area contributed by atoms with Crippen molar-refractivity contribution in [3.63, 3.8) is 0 Å². The largest absolute Gasteiger partial charge is 0.444 e. The summed E-state index contributed by atoms with van der Waals surface area (Å²) in [5, 5.41) is 2.72. The number of hydrogen-bond acceptors (Lipinski definition) is 5. The number of amides is 1. The van der Waals surface area contributed by atoms with Crippen LogP contribution < -0.4 is 11.1 Å². The molecule has 32 heavy (non-hydrogen) atoms. The van der Waals surface area contributed by atoms with Gasteiger partial charge in [0.15, 0.2) is 11.4 Å². The highest BCUT2D eigenvalue weighted by molar-refractivity contribution is 5.75. The fourth-order valence-corrected chi connectivity index (χ4v) is 4.31. The van der Waals surface area contributed by atoms with Crippen molar-refractivity contribution in [2.45, 2.75) is 82.9 Å². The van der Waals surface area contributed by atoms with Crippen LogP contribution in [0.3, 0.4) is 0 Å². The second-order valence-electron chi connectivity index (χ2n) is 10.0. The van der Waals surface area contributed by atoms with Gasteiger partial charge in [-0.05, 0) is 64.4 Å². The predicted molar refractivity (Wildman–Crippen MR) is 113 cm³/mol. The SMILES string of the molecule is CC(C)(C)OC(=O)N[C@H](c1nc2c(F)c(C(N)C3CC3)ccc2o1)C1CCC(F)(F)CC1. The maximum Gasteiger partial charge on any atom is 0.408 e. The number of ether oxygens (including phenoxy) is 1. The zero-order valence-electron chi connectivity index (χ0n) is 18.6. The second kappa shape index (κ2) is 8.24. The molecule has 1 amide bonds. The average molecular weight is 454 g/mol. The number of oxazole rings is 1. The lowest BCUT2D eigenvalue weighted by Gasteiger charge is -2.33. The number of halogens is 3. The number of carbonyl (C=O) groups is 1. The van der Waals surface area contributed by atoms with E-state index in [9.17, 15) is 13.6 Å². The van der Waals surface area contributed by atoms with Crippen LogP contribution in [-0.4, -0.2) is 22.6 Å². The Balaban J connectivity index is 1.65. The zero-order valence-corrected chi connectivity index (χ0v) is 18.6. The van der Waals surface area contributed by atoms with E-state index in [2.05, 4.69) is 10.3 Å². The third-order valence-corrected chi connectivity index (χ3v) is 6.21. The number of carbonyl (C=O) groups excluding carboxylic acids is 1. The molecular weight excluding hydrogens is 423 g/mol. The van der Waals surface area contributed by atoms with E-state index >= 15 is 4.39 Å². The Morgan fingerprint density at radius 2 is 1.88 bits per heavy atom. The van der Waals surface area contributed by atoms with Crippen molar-refractivity contribution in [2.75, 3.05) is 0 Å². The lowest BCUT2D eigenvalue weighted by molar-refractivity contribution is -0.0509. The van der Waals surface area contributed by atoms with Gasteiger partial charge in [0.25, 0.3) is 0 Å². The van der Waals surface area contributed by atoms with Crippen molar-refractivity contribution < 1.29 is 27.1 Å². The van der Waals surface area contributed by atoms with Gasteiger partial charge in [-0.15, -0.1) is 0 Å².